The van der Waals surface area contributed by atoms with Gasteiger partial charge in [-0.1, -0.05) is 17.7 Å². The molecule has 0 bridgehead atoms. The number of alkyl halides is 2. The van der Waals surface area contributed by atoms with Crippen LogP contribution in [0.5, 0.6) is 0 Å². The zero-order valence-corrected chi connectivity index (χ0v) is 8.77. The fraction of sp³-hybridized carbons (Fsp3) is 0.500. The van der Waals surface area contributed by atoms with Crippen LogP contribution in [0.15, 0.2) is 18.3 Å². The van der Waals surface area contributed by atoms with Crippen molar-refractivity contribution in [2.24, 2.45) is 5.73 Å². The van der Waals surface area contributed by atoms with E-state index in [0.717, 1.165) is 0 Å². The van der Waals surface area contributed by atoms with E-state index in [9.17, 15) is 8.78 Å². The topological polar surface area (TPSA) is 38.9 Å². The van der Waals surface area contributed by atoms with Gasteiger partial charge in [-0.3, -0.25) is 0 Å². The standard InChI is InChI=1S/C10H11ClF2N2/c11-8-7(2-1-3-15-8)9(6-14)4-10(12,13)5-9/h1-3H,4-6,14H2. The van der Waals surface area contributed by atoms with Crippen LogP contribution < -0.4 is 5.73 Å². The highest BCUT2D eigenvalue weighted by atomic mass is 35.5. The second-order valence-corrected chi connectivity index (χ2v) is 4.39. The van der Waals surface area contributed by atoms with Crippen LogP contribution in [-0.2, 0) is 5.41 Å². The van der Waals surface area contributed by atoms with Crippen molar-refractivity contribution in [1.29, 1.82) is 0 Å². The van der Waals surface area contributed by atoms with Gasteiger partial charge in [-0.05, 0) is 11.6 Å². The first-order valence-electron chi connectivity index (χ1n) is 4.68. The van der Waals surface area contributed by atoms with Crippen molar-refractivity contribution in [3.63, 3.8) is 0 Å². The van der Waals surface area contributed by atoms with Gasteiger partial charge < -0.3 is 5.73 Å². The first-order chi connectivity index (χ1) is 6.99. The summed E-state index contributed by atoms with van der Waals surface area (Å²) < 4.78 is 25.8. The molecule has 0 unspecified atom stereocenters. The Bertz CT molecular complexity index is 373. The van der Waals surface area contributed by atoms with Crippen LogP contribution in [0.3, 0.4) is 0 Å². The van der Waals surface area contributed by atoms with Crippen molar-refractivity contribution in [3.05, 3.63) is 29.0 Å². The molecule has 0 spiro atoms. The molecule has 1 aliphatic carbocycles. The second kappa shape index (κ2) is 3.39. The number of aromatic nitrogens is 1. The molecular weight excluding hydrogens is 222 g/mol. The van der Waals surface area contributed by atoms with Crippen LogP contribution in [0.4, 0.5) is 8.78 Å². The third kappa shape index (κ3) is 1.72. The van der Waals surface area contributed by atoms with Gasteiger partial charge in [0.2, 0.25) is 5.92 Å². The highest BCUT2D eigenvalue weighted by Gasteiger charge is 2.57. The first-order valence-corrected chi connectivity index (χ1v) is 5.06. The Kier molecular flexibility index (Phi) is 2.43. The van der Waals surface area contributed by atoms with Gasteiger partial charge in [0, 0.05) is 31.0 Å². The molecule has 1 saturated carbocycles. The smallest absolute Gasteiger partial charge is 0.250 e. The van der Waals surface area contributed by atoms with Crippen molar-refractivity contribution in [3.8, 4) is 0 Å². The zero-order valence-electron chi connectivity index (χ0n) is 8.01. The lowest BCUT2D eigenvalue weighted by Crippen LogP contribution is -2.53. The lowest BCUT2D eigenvalue weighted by molar-refractivity contribution is -0.123. The van der Waals surface area contributed by atoms with Crippen LogP contribution in [0.2, 0.25) is 5.15 Å². The number of nitrogens with zero attached hydrogens (tertiary/aromatic N) is 1. The van der Waals surface area contributed by atoms with Gasteiger partial charge in [0.05, 0.1) is 0 Å². The van der Waals surface area contributed by atoms with Crippen LogP contribution in [0.1, 0.15) is 18.4 Å². The Morgan fingerprint density at radius 3 is 2.60 bits per heavy atom. The Labute approximate surface area is 91.4 Å². The lowest BCUT2D eigenvalue weighted by Gasteiger charge is -2.47. The number of hydrogen-bond donors (Lipinski definition) is 1. The van der Waals surface area contributed by atoms with Crippen molar-refractivity contribution >= 4 is 11.6 Å². The molecule has 0 atom stereocenters. The number of rotatable bonds is 2. The summed E-state index contributed by atoms with van der Waals surface area (Å²) in [7, 11) is 0. The molecule has 2 nitrogen and oxygen atoms in total. The maximum absolute atomic E-state index is 12.9. The van der Waals surface area contributed by atoms with E-state index in [0.29, 0.717) is 5.56 Å². The quantitative estimate of drug-likeness (QED) is 0.795. The predicted molar refractivity (Wildman–Crippen MR) is 54.2 cm³/mol. The van der Waals surface area contributed by atoms with E-state index in [4.69, 9.17) is 17.3 Å². The van der Waals surface area contributed by atoms with Gasteiger partial charge in [-0.25, -0.2) is 13.8 Å². The fourth-order valence-electron chi connectivity index (χ4n) is 2.16. The molecule has 1 aliphatic rings. The molecule has 0 aromatic carbocycles. The minimum Gasteiger partial charge on any atom is -0.330 e. The minimum atomic E-state index is -2.61. The molecule has 1 aromatic heterocycles. The summed E-state index contributed by atoms with van der Waals surface area (Å²) in [6, 6.07) is 3.41. The highest BCUT2D eigenvalue weighted by molar-refractivity contribution is 6.30. The normalized spacial score (nSPS) is 22.1. The molecule has 82 valence electrons. The molecule has 2 rings (SSSR count). The lowest BCUT2D eigenvalue weighted by atomic mass is 9.62. The van der Waals surface area contributed by atoms with Gasteiger partial charge in [0.15, 0.2) is 0 Å². The molecule has 1 aromatic rings. The largest absolute Gasteiger partial charge is 0.330 e. The van der Waals surface area contributed by atoms with Crippen LogP contribution >= 0.6 is 11.6 Å². The van der Waals surface area contributed by atoms with E-state index in [1.807, 2.05) is 0 Å². The summed E-state index contributed by atoms with van der Waals surface area (Å²) in [5.41, 5.74) is 5.52. The number of hydrogen-bond acceptors (Lipinski definition) is 2. The number of halogens is 3. The molecule has 15 heavy (non-hydrogen) atoms. The van der Waals surface area contributed by atoms with Gasteiger partial charge in [-0.15, -0.1) is 0 Å². The molecular formula is C10H11ClF2N2. The Morgan fingerprint density at radius 1 is 1.47 bits per heavy atom. The van der Waals surface area contributed by atoms with E-state index in [1.54, 1.807) is 12.1 Å². The SMILES string of the molecule is NCC1(c2cccnc2Cl)CC(F)(F)C1. The van der Waals surface area contributed by atoms with E-state index in [1.165, 1.54) is 6.20 Å². The van der Waals surface area contributed by atoms with Gasteiger partial charge >= 0.3 is 0 Å². The number of nitrogens with two attached hydrogens (primary N) is 1. The molecule has 5 heteroatoms. The molecule has 0 amide bonds. The van der Waals surface area contributed by atoms with E-state index in [-0.39, 0.29) is 24.5 Å². The van der Waals surface area contributed by atoms with Crippen molar-refractivity contribution in [1.82, 2.24) is 4.98 Å². The van der Waals surface area contributed by atoms with Crippen molar-refractivity contribution in [2.75, 3.05) is 6.54 Å². The summed E-state index contributed by atoms with van der Waals surface area (Å²) >= 11 is 5.88. The van der Waals surface area contributed by atoms with Crippen molar-refractivity contribution < 1.29 is 8.78 Å². The number of pyridine rings is 1. The third-order valence-electron chi connectivity index (χ3n) is 2.92. The first kappa shape index (κ1) is 10.8. The maximum atomic E-state index is 12.9. The summed E-state index contributed by atoms with van der Waals surface area (Å²) in [6.07, 6.45) is 1.07. The molecule has 0 saturated heterocycles. The summed E-state index contributed by atoms with van der Waals surface area (Å²) in [4.78, 5) is 3.89. The van der Waals surface area contributed by atoms with Crippen molar-refractivity contribution in [2.45, 2.75) is 24.2 Å². The summed E-state index contributed by atoms with van der Waals surface area (Å²) in [6.45, 7) is 0.175. The highest BCUT2D eigenvalue weighted by Crippen LogP contribution is 2.53. The third-order valence-corrected chi connectivity index (χ3v) is 3.22. The monoisotopic (exact) mass is 232 g/mol. The summed E-state index contributed by atoms with van der Waals surface area (Å²) in [5, 5.41) is 0.276. The predicted octanol–water partition coefficient (Wildman–Crippen LogP) is 2.36. The van der Waals surface area contributed by atoms with Gasteiger partial charge in [-0.2, -0.15) is 0 Å². The summed E-state index contributed by atoms with van der Waals surface area (Å²) in [5.74, 6) is -2.61. The average Bonchev–Trinajstić information content (AvgIpc) is 2.14. The Hall–Kier alpha value is -0.740. The van der Waals surface area contributed by atoms with E-state index < -0.39 is 11.3 Å². The van der Waals surface area contributed by atoms with Crippen LogP contribution in [-0.4, -0.2) is 17.5 Å². The fourth-order valence-corrected chi connectivity index (χ4v) is 2.48. The van der Waals surface area contributed by atoms with E-state index >= 15 is 0 Å². The Balaban J connectivity index is 2.34. The molecule has 1 heterocycles. The molecule has 0 aliphatic heterocycles. The van der Waals surface area contributed by atoms with Crippen LogP contribution in [0.25, 0.3) is 0 Å². The van der Waals surface area contributed by atoms with E-state index in [2.05, 4.69) is 4.98 Å². The molecule has 1 fully saturated rings. The average molecular weight is 233 g/mol. The molecule has 2 N–H and O–H groups in total. The maximum Gasteiger partial charge on any atom is 0.250 e. The minimum absolute atomic E-state index is 0.175. The van der Waals surface area contributed by atoms with Gasteiger partial charge in [0.25, 0.3) is 0 Å². The zero-order chi connectivity index (χ0) is 11.1. The second-order valence-electron chi connectivity index (χ2n) is 4.04. The molecule has 0 radical (unpaired) electrons. The van der Waals surface area contributed by atoms with Crippen LogP contribution in [0, 0.1) is 0 Å². The van der Waals surface area contributed by atoms with Gasteiger partial charge in [0.1, 0.15) is 5.15 Å². The Morgan fingerprint density at radius 2 is 2.13 bits per heavy atom.